The lowest BCUT2D eigenvalue weighted by molar-refractivity contribution is 0.112. The second-order valence-corrected chi connectivity index (χ2v) is 3.29. The first-order chi connectivity index (χ1) is 6.77. The van der Waals surface area contributed by atoms with E-state index in [9.17, 15) is 4.79 Å². The van der Waals surface area contributed by atoms with Crippen molar-refractivity contribution in [3.8, 4) is 0 Å². The molecular formula is C11H12ClNO. The number of hydrogen-bond acceptors (Lipinski definition) is 2. The molecule has 1 rings (SSSR count). The monoisotopic (exact) mass is 209 g/mol. The Morgan fingerprint density at radius 2 is 2.21 bits per heavy atom. The van der Waals surface area contributed by atoms with Crippen molar-refractivity contribution in [3.05, 3.63) is 40.4 Å². The minimum absolute atomic E-state index is 0.613. The van der Waals surface area contributed by atoms with Gasteiger partial charge >= 0.3 is 0 Å². The van der Waals surface area contributed by atoms with Crippen LogP contribution < -0.4 is 5.73 Å². The van der Waals surface area contributed by atoms with E-state index in [1.807, 2.05) is 12.2 Å². The van der Waals surface area contributed by atoms with Gasteiger partial charge in [0.05, 0.1) is 0 Å². The van der Waals surface area contributed by atoms with E-state index in [2.05, 4.69) is 0 Å². The Balaban J connectivity index is 2.89. The van der Waals surface area contributed by atoms with Crippen molar-refractivity contribution < 1.29 is 4.79 Å². The molecule has 0 atom stereocenters. The smallest absolute Gasteiger partial charge is 0.150 e. The first-order valence-corrected chi connectivity index (χ1v) is 4.77. The Hall–Kier alpha value is -1.12. The van der Waals surface area contributed by atoms with Gasteiger partial charge in [-0.1, -0.05) is 29.8 Å². The lowest BCUT2D eigenvalue weighted by Crippen LogP contribution is -1.95. The van der Waals surface area contributed by atoms with Gasteiger partial charge in [0.2, 0.25) is 0 Å². The maximum atomic E-state index is 10.5. The summed E-state index contributed by atoms with van der Waals surface area (Å²) >= 11 is 5.93. The molecule has 0 saturated carbocycles. The van der Waals surface area contributed by atoms with Gasteiger partial charge in [0.15, 0.2) is 0 Å². The Morgan fingerprint density at radius 3 is 2.86 bits per heavy atom. The minimum atomic E-state index is 0.613. The Labute approximate surface area is 88.4 Å². The predicted octanol–water partition coefficient (Wildman–Crippen LogP) is 2.51. The van der Waals surface area contributed by atoms with Gasteiger partial charge in [-0.15, -0.1) is 0 Å². The molecule has 0 radical (unpaired) electrons. The normalized spacial score (nSPS) is 10.7. The van der Waals surface area contributed by atoms with Gasteiger partial charge in [-0.05, 0) is 30.7 Å². The molecule has 74 valence electrons. The van der Waals surface area contributed by atoms with Crippen LogP contribution in [0.5, 0.6) is 0 Å². The van der Waals surface area contributed by atoms with Crippen molar-refractivity contribution >= 4 is 24.0 Å². The molecule has 0 aliphatic rings. The zero-order valence-corrected chi connectivity index (χ0v) is 8.50. The van der Waals surface area contributed by atoms with Gasteiger partial charge in [-0.25, -0.2) is 0 Å². The first-order valence-electron chi connectivity index (χ1n) is 4.39. The van der Waals surface area contributed by atoms with Crippen LogP contribution >= 0.6 is 11.6 Å². The molecule has 1 aromatic rings. The molecular weight excluding hydrogens is 198 g/mol. The summed E-state index contributed by atoms with van der Waals surface area (Å²) in [4.78, 5) is 10.5. The first kappa shape index (κ1) is 11.0. The number of rotatable bonds is 4. The van der Waals surface area contributed by atoms with Crippen molar-refractivity contribution in [3.63, 3.8) is 0 Å². The molecule has 0 saturated heterocycles. The molecule has 0 aromatic heterocycles. The predicted molar refractivity (Wildman–Crippen MR) is 59.5 cm³/mol. The van der Waals surface area contributed by atoms with Gasteiger partial charge in [0, 0.05) is 10.6 Å². The molecule has 14 heavy (non-hydrogen) atoms. The van der Waals surface area contributed by atoms with Crippen molar-refractivity contribution in [2.75, 3.05) is 6.54 Å². The number of halogens is 1. The number of nitrogens with two attached hydrogens (primary N) is 1. The van der Waals surface area contributed by atoms with E-state index < -0.39 is 0 Å². The maximum Gasteiger partial charge on any atom is 0.150 e. The highest BCUT2D eigenvalue weighted by atomic mass is 35.5. The second-order valence-electron chi connectivity index (χ2n) is 2.88. The van der Waals surface area contributed by atoms with Crippen LogP contribution in [0.1, 0.15) is 22.3 Å². The summed E-state index contributed by atoms with van der Waals surface area (Å²) in [5.41, 5.74) is 6.82. The Morgan fingerprint density at radius 1 is 1.43 bits per heavy atom. The third-order valence-electron chi connectivity index (χ3n) is 1.79. The van der Waals surface area contributed by atoms with Gasteiger partial charge in [-0.3, -0.25) is 4.79 Å². The second kappa shape index (κ2) is 5.58. The summed E-state index contributed by atoms with van der Waals surface area (Å²) in [6.45, 7) is 0.613. The van der Waals surface area contributed by atoms with E-state index in [0.29, 0.717) is 17.1 Å². The number of aldehydes is 1. The maximum absolute atomic E-state index is 10.5. The van der Waals surface area contributed by atoms with Gasteiger partial charge in [0.1, 0.15) is 6.29 Å². The van der Waals surface area contributed by atoms with Crippen LogP contribution in [0.2, 0.25) is 5.02 Å². The van der Waals surface area contributed by atoms with E-state index in [4.69, 9.17) is 17.3 Å². The summed E-state index contributed by atoms with van der Waals surface area (Å²) in [6.07, 6.45) is 5.43. The summed E-state index contributed by atoms with van der Waals surface area (Å²) in [7, 11) is 0. The van der Waals surface area contributed by atoms with E-state index in [1.54, 1.807) is 18.2 Å². The molecule has 0 bridgehead atoms. The largest absolute Gasteiger partial charge is 0.330 e. The highest BCUT2D eigenvalue weighted by molar-refractivity contribution is 6.32. The van der Waals surface area contributed by atoms with Crippen molar-refractivity contribution in [1.82, 2.24) is 0 Å². The fourth-order valence-corrected chi connectivity index (χ4v) is 1.25. The molecule has 1 aromatic carbocycles. The molecule has 2 nitrogen and oxygen atoms in total. The molecule has 3 heteroatoms. The quantitative estimate of drug-likeness (QED) is 0.775. The highest BCUT2D eigenvalue weighted by Gasteiger charge is 1.97. The third-order valence-corrected chi connectivity index (χ3v) is 2.13. The highest BCUT2D eigenvalue weighted by Crippen LogP contribution is 2.18. The average Bonchev–Trinajstić information content (AvgIpc) is 2.21. The molecule has 0 spiro atoms. The van der Waals surface area contributed by atoms with Gasteiger partial charge < -0.3 is 5.73 Å². The van der Waals surface area contributed by atoms with Crippen LogP contribution in [0.25, 0.3) is 6.08 Å². The van der Waals surface area contributed by atoms with Crippen molar-refractivity contribution in [2.24, 2.45) is 5.73 Å². The number of carbonyl (C=O) groups is 1. The Bertz CT molecular complexity index is 347. The van der Waals surface area contributed by atoms with Crippen LogP contribution in [0, 0.1) is 0 Å². The fourth-order valence-electron chi connectivity index (χ4n) is 1.07. The van der Waals surface area contributed by atoms with Gasteiger partial charge in [0.25, 0.3) is 0 Å². The molecule has 0 heterocycles. The van der Waals surface area contributed by atoms with E-state index >= 15 is 0 Å². The van der Waals surface area contributed by atoms with Crippen molar-refractivity contribution in [2.45, 2.75) is 6.42 Å². The van der Waals surface area contributed by atoms with Crippen LogP contribution in [-0.4, -0.2) is 12.8 Å². The zero-order valence-electron chi connectivity index (χ0n) is 7.74. The van der Waals surface area contributed by atoms with E-state index in [1.165, 1.54) is 0 Å². The van der Waals surface area contributed by atoms with Crippen LogP contribution in [0.3, 0.4) is 0 Å². The average molecular weight is 210 g/mol. The number of hydrogen-bond donors (Lipinski definition) is 1. The Kier molecular flexibility index (Phi) is 4.36. The summed E-state index contributed by atoms with van der Waals surface area (Å²) in [5, 5.41) is 0.642. The third kappa shape index (κ3) is 2.98. The van der Waals surface area contributed by atoms with E-state index in [0.717, 1.165) is 18.3 Å². The van der Waals surface area contributed by atoms with Crippen LogP contribution in [0.4, 0.5) is 0 Å². The molecule has 0 unspecified atom stereocenters. The van der Waals surface area contributed by atoms with Crippen LogP contribution in [0.15, 0.2) is 24.3 Å². The summed E-state index contributed by atoms with van der Waals surface area (Å²) in [6, 6.07) is 5.16. The molecule has 0 aliphatic heterocycles. The summed E-state index contributed by atoms with van der Waals surface area (Å²) < 4.78 is 0. The molecule has 0 aliphatic carbocycles. The van der Waals surface area contributed by atoms with Gasteiger partial charge in [-0.2, -0.15) is 0 Å². The number of benzene rings is 1. The SMILES string of the molecule is NCCC=Cc1cc(C=O)ccc1Cl. The molecule has 0 amide bonds. The molecule has 2 N–H and O–H groups in total. The minimum Gasteiger partial charge on any atom is -0.330 e. The molecule has 0 fully saturated rings. The number of carbonyl (C=O) groups excluding carboxylic acids is 1. The fraction of sp³-hybridized carbons (Fsp3) is 0.182. The van der Waals surface area contributed by atoms with E-state index in [-0.39, 0.29) is 0 Å². The van der Waals surface area contributed by atoms with Crippen molar-refractivity contribution in [1.29, 1.82) is 0 Å². The van der Waals surface area contributed by atoms with Crippen LogP contribution in [-0.2, 0) is 0 Å². The standard InChI is InChI=1S/C11H12ClNO/c12-11-5-4-9(8-14)7-10(11)3-1-2-6-13/h1,3-5,7-8H,2,6,13H2. The lowest BCUT2D eigenvalue weighted by Gasteiger charge is -1.98. The topological polar surface area (TPSA) is 43.1 Å². The zero-order chi connectivity index (χ0) is 10.4. The lowest BCUT2D eigenvalue weighted by atomic mass is 10.1. The summed E-state index contributed by atoms with van der Waals surface area (Å²) in [5.74, 6) is 0.